The first-order valence-corrected chi connectivity index (χ1v) is 9.49. The Morgan fingerprint density at radius 3 is 2.45 bits per heavy atom. The Hall–Kier alpha value is -3.06. The van der Waals surface area contributed by atoms with Gasteiger partial charge in [0.2, 0.25) is 0 Å². The Balaban J connectivity index is 2.25. The monoisotopic (exact) mass is 397 g/mol. The van der Waals surface area contributed by atoms with Gasteiger partial charge in [0.25, 0.3) is 5.56 Å². The van der Waals surface area contributed by atoms with Crippen molar-refractivity contribution in [3.8, 4) is 17.0 Å². The van der Waals surface area contributed by atoms with Crippen LogP contribution in [0.1, 0.15) is 42.4 Å². The number of carbonyl (C=O) groups is 1. The molecule has 0 aliphatic rings. The van der Waals surface area contributed by atoms with Crippen LogP contribution in [0.3, 0.4) is 0 Å². The van der Waals surface area contributed by atoms with Crippen molar-refractivity contribution in [2.75, 3.05) is 14.1 Å². The highest BCUT2D eigenvalue weighted by atomic mass is 16.4. The molecule has 3 N–H and O–H groups in total. The van der Waals surface area contributed by atoms with E-state index in [0.29, 0.717) is 17.7 Å². The minimum Gasteiger partial charge on any atom is -0.506 e. The van der Waals surface area contributed by atoms with Crippen molar-refractivity contribution in [3.05, 3.63) is 51.4 Å². The second-order valence-corrected chi connectivity index (χ2v) is 8.01. The van der Waals surface area contributed by atoms with E-state index in [1.54, 1.807) is 6.92 Å². The third kappa shape index (κ3) is 3.21. The van der Waals surface area contributed by atoms with E-state index in [4.69, 9.17) is 0 Å². The van der Waals surface area contributed by atoms with E-state index in [1.807, 2.05) is 39.3 Å². The molecule has 0 unspecified atom stereocenters. The molecule has 0 bridgehead atoms. The summed E-state index contributed by atoms with van der Waals surface area (Å²) in [6, 6.07) is 7.92. The Morgan fingerprint density at radius 2 is 1.90 bits per heavy atom. The Morgan fingerprint density at radius 1 is 1.24 bits per heavy atom. The second-order valence-electron chi connectivity index (χ2n) is 8.01. The molecule has 29 heavy (non-hydrogen) atoms. The molecule has 3 rings (SSSR count). The van der Waals surface area contributed by atoms with Crippen molar-refractivity contribution in [2.24, 2.45) is 7.05 Å². The molecule has 0 radical (unpaired) electrons. The van der Waals surface area contributed by atoms with Gasteiger partial charge < -0.3 is 19.8 Å². The quantitative estimate of drug-likeness (QED) is 0.614. The largest absolute Gasteiger partial charge is 0.506 e. The summed E-state index contributed by atoms with van der Waals surface area (Å²) in [5, 5.41) is 20.6. The zero-order valence-electron chi connectivity index (χ0n) is 17.6. The minimum absolute atomic E-state index is 0.182. The summed E-state index contributed by atoms with van der Waals surface area (Å²) in [7, 11) is 6.09. The number of benzene rings is 1. The van der Waals surface area contributed by atoms with Crippen LogP contribution in [-0.2, 0) is 19.0 Å². The van der Waals surface area contributed by atoms with Gasteiger partial charge in [-0.05, 0) is 58.1 Å². The van der Waals surface area contributed by atoms with Crippen LogP contribution in [0.4, 0.5) is 0 Å². The number of rotatable bonds is 5. The average Bonchev–Trinajstić information content (AvgIpc) is 2.97. The van der Waals surface area contributed by atoms with Crippen LogP contribution in [0.5, 0.6) is 5.75 Å². The third-order valence-corrected chi connectivity index (χ3v) is 5.93. The van der Waals surface area contributed by atoms with Crippen molar-refractivity contribution < 1.29 is 15.0 Å². The molecule has 0 aliphatic heterocycles. The molecule has 3 aromatic rings. The van der Waals surface area contributed by atoms with Crippen LogP contribution in [0, 0.1) is 0 Å². The first-order valence-electron chi connectivity index (χ1n) is 9.49. The summed E-state index contributed by atoms with van der Waals surface area (Å²) in [4.78, 5) is 28.4. The summed E-state index contributed by atoms with van der Waals surface area (Å²) in [6.45, 7) is 6.11. The number of fused-ring (bicyclic) bond motifs is 1. The Kier molecular flexibility index (Phi) is 5.04. The van der Waals surface area contributed by atoms with Gasteiger partial charge in [0.1, 0.15) is 5.75 Å². The van der Waals surface area contributed by atoms with Gasteiger partial charge in [-0.25, -0.2) is 4.79 Å². The van der Waals surface area contributed by atoms with Crippen LogP contribution < -0.4 is 5.56 Å². The molecule has 7 nitrogen and oxygen atoms in total. The molecule has 0 spiro atoms. The van der Waals surface area contributed by atoms with Crippen LogP contribution in [-0.4, -0.2) is 44.7 Å². The molecule has 2 aromatic heterocycles. The number of carboxylic acid groups (broad SMARTS) is 1. The fraction of sp³-hybridized carbons (Fsp3) is 0.364. The lowest BCUT2D eigenvalue weighted by Gasteiger charge is -2.33. The number of H-pyrrole nitrogens is 1. The molecular formula is C22H27N3O4. The number of carboxylic acids is 1. The number of aromatic amines is 1. The van der Waals surface area contributed by atoms with Crippen molar-refractivity contribution in [3.63, 3.8) is 0 Å². The highest BCUT2D eigenvalue weighted by molar-refractivity contribution is 5.92. The SMILES string of the molecule is CCc1c(-c2ccc3c(c2)cc(C(C)(C)N(C)C)n3C)[nH]c(=O)c(C(=O)O)c1O. The number of aromatic hydroxyl groups is 1. The first-order chi connectivity index (χ1) is 13.5. The standard InChI is InChI=1S/C22H27N3O4/c1-7-14-18(23-20(27)17(19(14)26)21(28)29)12-8-9-15-13(10-12)11-16(25(15)6)22(2,3)24(4)5/h8-11H,7H2,1-6H3,(H,28,29)(H2,23,26,27). The van der Waals surface area contributed by atoms with Crippen LogP contribution in [0.2, 0.25) is 0 Å². The predicted molar refractivity (Wildman–Crippen MR) is 114 cm³/mol. The number of nitrogens with one attached hydrogen (secondary N) is 1. The number of nitrogens with zero attached hydrogens (tertiary/aromatic N) is 2. The van der Waals surface area contributed by atoms with E-state index in [-0.39, 0.29) is 5.54 Å². The molecule has 0 aliphatic carbocycles. The van der Waals surface area contributed by atoms with E-state index < -0.39 is 22.8 Å². The van der Waals surface area contributed by atoms with Gasteiger partial charge >= 0.3 is 5.97 Å². The van der Waals surface area contributed by atoms with E-state index in [2.05, 4.69) is 34.4 Å². The maximum absolute atomic E-state index is 12.3. The number of aromatic carboxylic acids is 1. The van der Waals surface area contributed by atoms with Crippen LogP contribution in [0.15, 0.2) is 29.1 Å². The number of hydrogen-bond acceptors (Lipinski definition) is 4. The summed E-state index contributed by atoms with van der Waals surface area (Å²) in [6.07, 6.45) is 0.379. The van der Waals surface area contributed by atoms with E-state index in [9.17, 15) is 19.8 Å². The zero-order chi connectivity index (χ0) is 21.7. The highest BCUT2D eigenvalue weighted by Gasteiger charge is 2.27. The number of hydrogen-bond donors (Lipinski definition) is 3. The Bertz CT molecular complexity index is 1170. The lowest BCUT2D eigenvalue weighted by Crippen LogP contribution is -2.36. The maximum Gasteiger partial charge on any atom is 0.345 e. The molecular weight excluding hydrogens is 370 g/mol. The molecule has 154 valence electrons. The molecule has 0 atom stereocenters. The summed E-state index contributed by atoms with van der Waals surface area (Å²) in [5.41, 5.74) is 2.14. The molecule has 0 saturated carbocycles. The fourth-order valence-corrected chi connectivity index (χ4v) is 3.74. The molecule has 7 heteroatoms. The molecule has 0 amide bonds. The highest BCUT2D eigenvalue weighted by Crippen LogP contribution is 2.34. The van der Waals surface area contributed by atoms with Gasteiger partial charge in [0.05, 0.1) is 11.2 Å². The van der Waals surface area contributed by atoms with Gasteiger partial charge in [-0.15, -0.1) is 0 Å². The molecule has 0 saturated heterocycles. The molecule has 1 aromatic carbocycles. The van der Waals surface area contributed by atoms with Crippen LogP contribution in [0.25, 0.3) is 22.2 Å². The van der Waals surface area contributed by atoms with E-state index in [1.165, 1.54) is 0 Å². The molecule has 2 heterocycles. The van der Waals surface area contributed by atoms with Gasteiger partial charge in [-0.2, -0.15) is 0 Å². The lowest BCUT2D eigenvalue weighted by molar-refractivity contribution is 0.0691. The fourth-order valence-electron chi connectivity index (χ4n) is 3.74. The molecule has 0 fully saturated rings. The average molecular weight is 397 g/mol. The zero-order valence-corrected chi connectivity index (χ0v) is 17.6. The van der Waals surface area contributed by atoms with E-state index >= 15 is 0 Å². The minimum atomic E-state index is -1.45. The summed E-state index contributed by atoms with van der Waals surface area (Å²) in [5.74, 6) is -1.92. The van der Waals surface area contributed by atoms with E-state index in [0.717, 1.165) is 22.2 Å². The number of pyridine rings is 1. The normalized spacial score (nSPS) is 12.1. The topological polar surface area (TPSA) is 98.6 Å². The van der Waals surface area contributed by atoms with Gasteiger partial charge in [0, 0.05) is 29.2 Å². The van der Waals surface area contributed by atoms with Crippen molar-refractivity contribution in [1.82, 2.24) is 14.5 Å². The Labute approximate surface area is 169 Å². The predicted octanol–water partition coefficient (Wildman–Crippen LogP) is 3.30. The van der Waals surface area contributed by atoms with Crippen LogP contribution >= 0.6 is 0 Å². The number of aryl methyl sites for hydroxylation is 1. The maximum atomic E-state index is 12.3. The summed E-state index contributed by atoms with van der Waals surface area (Å²) < 4.78 is 2.15. The smallest absolute Gasteiger partial charge is 0.345 e. The summed E-state index contributed by atoms with van der Waals surface area (Å²) >= 11 is 0. The first kappa shape index (κ1) is 20.7. The number of aromatic nitrogens is 2. The van der Waals surface area contributed by atoms with Gasteiger partial charge in [-0.1, -0.05) is 13.0 Å². The van der Waals surface area contributed by atoms with Crippen molar-refractivity contribution in [1.29, 1.82) is 0 Å². The van der Waals surface area contributed by atoms with Crippen molar-refractivity contribution in [2.45, 2.75) is 32.7 Å². The second kappa shape index (κ2) is 7.08. The van der Waals surface area contributed by atoms with Gasteiger partial charge in [-0.3, -0.25) is 9.69 Å². The van der Waals surface area contributed by atoms with Gasteiger partial charge in [0.15, 0.2) is 5.56 Å². The lowest BCUT2D eigenvalue weighted by atomic mass is 9.98. The third-order valence-electron chi connectivity index (χ3n) is 5.93. The van der Waals surface area contributed by atoms with Crippen molar-refractivity contribution >= 4 is 16.9 Å².